The van der Waals surface area contributed by atoms with Gasteiger partial charge in [0.05, 0.1) is 0 Å². The fraction of sp³-hybridized carbons (Fsp3) is 0.182. The van der Waals surface area contributed by atoms with Crippen molar-refractivity contribution in [1.29, 1.82) is 0 Å². The second kappa shape index (κ2) is 9.01. The molecule has 0 bridgehead atoms. The molecular formula is C11H15ClO. The number of allylic oxidation sites excluding steroid dienone is 7. The normalized spacial score (nSPS) is 11.7. The molecule has 13 heavy (non-hydrogen) atoms. The first kappa shape index (κ1) is 14.4. The first-order chi connectivity index (χ1) is 5.70. The lowest BCUT2D eigenvalue weighted by Crippen LogP contribution is -1.76. The lowest BCUT2D eigenvalue weighted by molar-refractivity contribution is -0.107. The van der Waals surface area contributed by atoms with Crippen molar-refractivity contribution in [2.45, 2.75) is 14.4 Å². The van der Waals surface area contributed by atoms with Gasteiger partial charge in [0.2, 0.25) is 5.24 Å². The Kier molecular flexibility index (Phi) is 10.0. The van der Waals surface area contributed by atoms with E-state index in [4.69, 9.17) is 11.6 Å². The van der Waals surface area contributed by atoms with E-state index in [-0.39, 0.29) is 7.43 Å². The van der Waals surface area contributed by atoms with Crippen LogP contribution in [0.4, 0.5) is 0 Å². The zero-order valence-electron chi connectivity index (χ0n) is 6.96. The summed E-state index contributed by atoms with van der Waals surface area (Å²) in [6.07, 6.45) is 10.1. The second-order valence-corrected chi connectivity index (χ2v) is 2.41. The molecule has 0 saturated carbocycles. The highest BCUT2D eigenvalue weighted by molar-refractivity contribution is 6.66. The topological polar surface area (TPSA) is 17.1 Å². The molecule has 0 heterocycles. The molecule has 0 aliphatic rings. The monoisotopic (exact) mass is 198 g/mol. The standard InChI is InChI=1S/C10H11ClO.CH4/c1-3-5-9(6-4-2)7-8-10(11)12;/h3-8H,1H2,2H3;1H4/b6-4-,8-7+,9-5+;. The highest BCUT2D eigenvalue weighted by Crippen LogP contribution is 2.00. The van der Waals surface area contributed by atoms with Gasteiger partial charge in [-0.25, -0.2) is 0 Å². The SMILES string of the molecule is C.C=C/C=C(\C=C/C)/C=C/C(=O)Cl. The quantitative estimate of drug-likeness (QED) is 0.383. The third kappa shape index (κ3) is 8.83. The number of halogens is 1. The third-order valence-corrected chi connectivity index (χ3v) is 1.20. The van der Waals surface area contributed by atoms with Crippen molar-refractivity contribution in [3.63, 3.8) is 0 Å². The summed E-state index contributed by atoms with van der Waals surface area (Å²) in [7, 11) is 0. The van der Waals surface area contributed by atoms with Crippen LogP contribution in [0.2, 0.25) is 0 Å². The summed E-state index contributed by atoms with van der Waals surface area (Å²) in [6, 6.07) is 0. The highest BCUT2D eigenvalue weighted by Gasteiger charge is 1.86. The van der Waals surface area contributed by atoms with Gasteiger partial charge in [-0.3, -0.25) is 4.79 Å². The van der Waals surface area contributed by atoms with Gasteiger partial charge < -0.3 is 0 Å². The van der Waals surface area contributed by atoms with Crippen molar-refractivity contribution in [2.75, 3.05) is 0 Å². The molecule has 0 spiro atoms. The Bertz CT molecular complexity index is 247. The number of carbonyl (C=O) groups excluding carboxylic acids is 1. The summed E-state index contributed by atoms with van der Waals surface area (Å²) in [4.78, 5) is 10.4. The van der Waals surface area contributed by atoms with Crippen molar-refractivity contribution in [3.8, 4) is 0 Å². The highest BCUT2D eigenvalue weighted by atomic mass is 35.5. The van der Waals surface area contributed by atoms with Crippen LogP contribution in [0.3, 0.4) is 0 Å². The van der Waals surface area contributed by atoms with Crippen LogP contribution in [0.25, 0.3) is 0 Å². The second-order valence-electron chi connectivity index (χ2n) is 2.04. The van der Waals surface area contributed by atoms with Gasteiger partial charge in [0.1, 0.15) is 0 Å². The van der Waals surface area contributed by atoms with Gasteiger partial charge >= 0.3 is 0 Å². The molecule has 0 radical (unpaired) electrons. The van der Waals surface area contributed by atoms with Gasteiger partial charge in [-0.2, -0.15) is 0 Å². The number of carbonyl (C=O) groups is 1. The average molecular weight is 199 g/mol. The lowest BCUT2D eigenvalue weighted by Gasteiger charge is -1.88. The van der Waals surface area contributed by atoms with Gasteiger partial charge in [-0.1, -0.05) is 44.4 Å². The van der Waals surface area contributed by atoms with Gasteiger partial charge in [-0.15, -0.1) is 0 Å². The summed E-state index contributed by atoms with van der Waals surface area (Å²) < 4.78 is 0. The Labute approximate surface area is 85.1 Å². The molecule has 0 N–H and O–H groups in total. The molecular weight excluding hydrogens is 184 g/mol. The summed E-state index contributed by atoms with van der Waals surface area (Å²) >= 11 is 5.12. The van der Waals surface area contributed by atoms with Crippen LogP contribution in [0.1, 0.15) is 14.4 Å². The first-order valence-electron chi connectivity index (χ1n) is 3.53. The molecule has 72 valence electrons. The van der Waals surface area contributed by atoms with E-state index in [1.807, 2.05) is 19.1 Å². The van der Waals surface area contributed by atoms with Crippen molar-refractivity contribution < 1.29 is 4.79 Å². The minimum atomic E-state index is -0.477. The molecule has 0 aromatic rings. The van der Waals surface area contributed by atoms with Gasteiger partial charge in [0.15, 0.2) is 0 Å². The van der Waals surface area contributed by atoms with Crippen molar-refractivity contribution in [1.82, 2.24) is 0 Å². The summed E-state index contributed by atoms with van der Waals surface area (Å²) in [5, 5.41) is -0.477. The minimum absolute atomic E-state index is 0. The van der Waals surface area contributed by atoms with Gasteiger partial charge in [0, 0.05) is 0 Å². The molecule has 0 aliphatic heterocycles. The van der Waals surface area contributed by atoms with Crippen LogP contribution >= 0.6 is 11.6 Å². The maximum absolute atomic E-state index is 10.4. The van der Waals surface area contributed by atoms with Crippen LogP contribution in [0.5, 0.6) is 0 Å². The molecule has 0 aromatic heterocycles. The summed E-state index contributed by atoms with van der Waals surface area (Å²) in [5.74, 6) is 0. The molecule has 1 nitrogen and oxygen atoms in total. The van der Waals surface area contributed by atoms with Gasteiger partial charge in [0.25, 0.3) is 0 Å². The summed E-state index contributed by atoms with van der Waals surface area (Å²) in [6.45, 7) is 5.44. The Morgan fingerprint density at radius 2 is 1.92 bits per heavy atom. The average Bonchev–Trinajstić information content (AvgIpc) is 2.01. The van der Waals surface area contributed by atoms with E-state index in [0.29, 0.717) is 0 Å². The minimum Gasteiger partial charge on any atom is -0.276 e. The molecule has 0 saturated heterocycles. The largest absolute Gasteiger partial charge is 0.276 e. The molecule has 0 aliphatic carbocycles. The molecule has 0 amide bonds. The predicted molar refractivity (Wildman–Crippen MR) is 59.8 cm³/mol. The zero-order chi connectivity index (χ0) is 9.40. The maximum Gasteiger partial charge on any atom is 0.245 e. The molecule has 0 unspecified atom stereocenters. The van der Waals surface area contributed by atoms with E-state index < -0.39 is 5.24 Å². The van der Waals surface area contributed by atoms with E-state index >= 15 is 0 Å². The molecule has 0 atom stereocenters. The summed E-state index contributed by atoms with van der Waals surface area (Å²) in [5.41, 5.74) is 0.890. The van der Waals surface area contributed by atoms with Crippen molar-refractivity contribution >= 4 is 16.8 Å². The Hall–Kier alpha value is -1.08. The lowest BCUT2D eigenvalue weighted by atomic mass is 10.2. The van der Waals surface area contributed by atoms with Crippen LogP contribution in [-0.4, -0.2) is 5.24 Å². The number of rotatable bonds is 4. The zero-order valence-corrected chi connectivity index (χ0v) is 7.71. The molecule has 0 rings (SSSR count). The van der Waals surface area contributed by atoms with Crippen LogP contribution in [-0.2, 0) is 4.79 Å². The van der Waals surface area contributed by atoms with Crippen LogP contribution in [0.15, 0.2) is 48.6 Å². The van der Waals surface area contributed by atoms with Gasteiger partial charge in [-0.05, 0) is 30.2 Å². The van der Waals surface area contributed by atoms with Crippen molar-refractivity contribution in [2.24, 2.45) is 0 Å². The van der Waals surface area contributed by atoms with Crippen molar-refractivity contribution in [3.05, 3.63) is 48.6 Å². The van der Waals surface area contributed by atoms with Crippen LogP contribution < -0.4 is 0 Å². The third-order valence-electron chi connectivity index (χ3n) is 1.08. The predicted octanol–water partition coefficient (Wildman–Crippen LogP) is 3.63. The Morgan fingerprint density at radius 3 is 2.31 bits per heavy atom. The Balaban J connectivity index is 0. The fourth-order valence-electron chi connectivity index (χ4n) is 0.657. The Morgan fingerprint density at radius 1 is 1.31 bits per heavy atom. The first-order valence-corrected chi connectivity index (χ1v) is 3.91. The van der Waals surface area contributed by atoms with Crippen LogP contribution in [0, 0.1) is 0 Å². The number of hydrogen-bond acceptors (Lipinski definition) is 1. The van der Waals surface area contributed by atoms with E-state index in [1.54, 1.807) is 18.2 Å². The van der Waals surface area contributed by atoms with E-state index in [2.05, 4.69) is 6.58 Å². The maximum atomic E-state index is 10.4. The molecule has 2 heteroatoms. The smallest absolute Gasteiger partial charge is 0.245 e. The number of hydrogen-bond donors (Lipinski definition) is 0. The van der Waals surface area contributed by atoms with E-state index in [1.165, 1.54) is 6.08 Å². The van der Waals surface area contributed by atoms with E-state index in [0.717, 1.165) is 5.57 Å². The molecule has 0 fully saturated rings. The fourth-order valence-corrected chi connectivity index (χ4v) is 0.720. The van der Waals surface area contributed by atoms with E-state index in [9.17, 15) is 4.79 Å². The molecule has 0 aromatic carbocycles.